The van der Waals surface area contributed by atoms with Crippen molar-refractivity contribution < 1.29 is 14.4 Å². The van der Waals surface area contributed by atoms with Gasteiger partial charge in [0.05, 0.1) is 17.5 Å². The summed E-state index contributed by atoms with van der Waals surface area (Å²) in [5.41, 5.74) is 0.225. The standard InChI is InChI=1S/C13H16N2O3S/c1-8(2)10(7-16)14-13(17)9-6-11(18-15-9)12-4-3-5-19-12/h3-6,8,10,16H,7H2,1-2H3,(H,14,17). The van der Waals surface area contributed by atoms with E-state index in [2.05, 4.69) is 10.5 Å². The summed E-state index contributed by atoms with van der Waals surface area (Å²) in [6.45, 7) is 3.77. The van der Waals surface area contributed by atoms with E-state index in [0.717, 1.165) is 4.88 Å². The molecular formula is C13H16N2O3S. The number of rotatable bonds is 5. The first kappa shape index (κ1) is 13.8. The van der Waals surface area contributed by atoms with Crippen molar-refractivity contribution in [3.05, 3.63) is 29.3 Å². The van der Waals surface area contributed by atoms with E-state index in [4.69, 9.17) is 4.52 Å². The molecule has 0 bridgehead atoms. The number of thiophene rings is 1. The Kier molecular flexibility index (Phi) is 4.34. The van der Waals surface area contributed by atoms with Gasteiger partial charge in [0, 0.05) is 6.07 Å². The lowest BCUT2D eigenvalue weighted by atomic mass is 10.1. The molecule has 2 aromatic heterocycles. The van der Waals surface area contributed by atoms with Crippen molar-refractivity contribution >= 4 is 17.2 Å². The van der Waals surface area contributed by atoms with Gasteiger partial charge in [-0.25, -0.2) is 0 Å². The fraction of sp³-hybridized carbons (Fsp3) is 0.385. The molecule has 2 aromatic rings. The van der Waals surface area contributed by atoms with Gasteiger partial charge >= 0.3 is 0 Å². The summed E-state index contributed by atoms with van der Waals surface area (Å²) in [6.07, 6.45) is 0. The average molecular weight is 280 g/mol. The first-order valence-corrected chi connectivity index (χ1v) is 6.92. The van der Waals surface area contributed by atoms with Crippen molar-refractivity contribution in [2.45, 2.75) is 19.9 Å². The summed E-state index contributed by atoms with van der Waals surface area (Å²) in [6, 6.07) is 5.13. The van der Waals surface area contributed by atoms with Crippen molar-refractivity contribution in [2.75, 3.05) is 6.61 Å². The van der Waals surface area contributed by atoms with Gasteiger partial charge < -0.3 is 14.9 Å². The van der Waals surface area contributed by atoms with Crippen LogP contribution in [0.2, 0.25) is 0 Å². The highest BCUT2D eigenvalue weighted by atomic mass is 32.1. The van der Waals surface area contributed by atoms with E-state index in [9.17, 15) is 9.90 Å². The van der Waals surface area contributed by atoms with Crippen molar-refractivity contribution in [1.82, 2.24) is 10.5 Å². The molecule has 1 atom stereocenters. The molecule has 0 fully saturated rings. The van der Waals surface area contributed by atoms with Crippen molar-refractivity contribution in [3.63, 3.8) is 0 Å². The number of hydrogen-bond acceptors (Lipinski definition) is 5. The first-order valence-electron chi connectivity index (χ1n) is 6.04. The van der Waals surface area contributed by atoms with Crippen LogP contribution < -0.4 is 5.32 Å². The molecule has 2 heterocycles. The van der Waals surface area contributed by atoms with E-state index >= 15 is 0 Å². The topological polar surface area (TPSA) is 75.4 Å². The molecule has 0 aliphatic rings. The fourth-order valence-electron chi connectivity index (χ4n) is 1.58. The fourth-order valence-corrected chi connectivity index (χ4v) is 2.26. The Balaban J connectivity index is 2.08. The zero-order chi connectivity index (χ0) is 13.8. The molecule has 2 N–H and O–H groups in total. The van der Waals surface area contributed by atoms with Gasteiger partial charge in [-0.1, -0.05) is 25.1 Å². The van der Waals surface area contributed by atoms with Crippen LogP contribution in [0.25, 0.3) is 10.6 Å². The van der Waals surface area contributed by atoms with Crippen LogP contribution in [0.4, 0.5) is 0 Å². The molecular weight excluding hydrogens is 264 g/mol. The minimum absolute atomic E-state index is 0.0982. The third kappa shape index (κ3) is 3.21. The highest BCUT2D eigenvalue weighted by molar-refractivity contribution is 7.13. The number of nitrogens with zero attached hydrogens (tertiary/aromatic N) is 1. The molecule has 1 unspecified atom stereocenters. The van der Waals surface area contributed by atoms with Crippen LogP contribution in [-0.2, 0) is 0 Å². The second-order valence-electron chi connectivity index (χ2n) is 4.56. The molecule has 0 aliphatic carbocycles. The molecule has 0 radical (unpaired) electrons. The van der Waals surface area contributed by atoms with Gasteiger partial charge in [0.15, 0.2) is 11.5 Å². The number of carbonyl (C=O) groups is 1. The summed E-state index contributed by atoms with van der Waals surface area (Å²) >= 11 is 1.52. The van der Waals surface area contributed by atoms with Gasteiger partial charge in [0.25, 0.3) is 5.91 Å². The molecule has 5 nitrogen and oxygen atoms in total. The molecule has 0 aliphatic heterocycles. The third-order valence-corrected chi connectivity index (χ3v) is 3.71. The summed E-state index contributed by atoms with van der Waals surface area (Å²) in [7, 11) is 0. The maximum absolute atomic E-state index is 12.0. The van der Waals surface area contributed by atoms with Gasteiger partial charge in [0.2, 0.25) is 0 Å². The van der Waals surface area contributed by atoms with Crippen LogP contribution in [0, 0.1) is 5.92 Å². The predicted octanol–water partition coefficient (Wildman–Crippen LogP) is 2.15. The molecule has 19 heavy (non-hydrogen) atoms. The summed E-state index contributed by atoms with van der Waals surface area (Å²) < 4.78 is 5.14. The molecule has 0 saturated carbocycles. The normalized spacial score (nSPS) is 12.6. The van der Waals surface area contributed by atoms with Crippen molar-refractivity contribution in [2.24, 2.45) is 5.92 Å². The lowest BCUT2D eigenvalue weighted by Gasteiger charge is -2.18. The smallest absolute Gasteiger partial charge is 0.273 e. The Labute approximate surface area is 115 Å². The minimum atomic E-state index is -0.334. The number of aliphatic hydroxyl groups is 1. The minimum Gasteiger partial charge on any atom is -0.394 e. The molecule has 0 spiro atoms. The Morgan fingerprint density at radius 3 is 2.95 bits per heavy atom. The average Bonchev–Trinajstić information content (AvgIpc) is 3.04. The Morgan fingerprint density at radius 2 is 2.37 bits per heavy atom. The zero-order valence-corrected chi connectivity index (χ0v) is 11.6. The molecule has 0 saturated heterocycles. The summed E-state index contributed by atoms with van der Waals surface area (Å²) in [5, 5.41) is 17.6. The van der Waals surface area contributed by atoms with Crippen LogP contribution in [0.1, 0.15) is 24.3 Å². The van der Waals surface area contributed by atoms with Gasteiger partial charge in [-0.2, -0.15) is 0 Å². The zero-order valence-electron chi connectivity index (χ0n) is 10.8. The third-order valence-electron chi connectivity index (χ3n) is 2.82. The van der Waals surface area contributed by atoms with Crippen molar-refractivity contribution in [1.29, 1.82) is 0 Å². The van der Waals surface area contributed by atoms with Crippen LogP contribution in [0.15, 0.2) is 28.1 Å². The van der Waals surface area contributed by atoms with Crippen LogP contribution in [0.3, 0.4) is 0 Å². The lowest BCUT2D eigenvalue weighted by molar-refractivity contribution is 0.0888. The quantitative estimate of drug-likeness (QED) is 0.880. The van der Waals surface area contributed by atoms with Gasteiger partial charge in [-0.05, 0) is 17.4 Å². The first-order chi connectivity index (χ1) is 9.11. The van der Waals surface area contributed by atoms with Gasteiger partial charge in [0.1, 0.15) is 0 Å². The van der Waals surface area contributed by atoms with Gasteiger partial charge in [-0.3, -0.25) is 4.79 Å². The number of aromatic nitrogens is 1. The van der Waals surface area contributed by atoms with Gasteiger partial charge in [-0.15, -0.1) is 11.3 Å². The van der Waals surface area contributed by atoms with Crippen LogP contribution in [0.5, 0.6) is 0 Å². The maximum Gasteiger partial charge on any atom is 0.273 e. The van der Waals surface area contributed by atoms with E-state index in [0.29, 0.717) is 5.76 Å². The Bertz CT molecular complexity index is 534. The largest absolute Gasteiger partial charge is 0.394 e. The number of aliphatic hydroxyl groups excluding tert-OH is 1. The number of hydrogen-bond donors (Lipinski definition) is 2. The van der Waals surface area contributed by atoms with Crippen LogP contribution in [-0.4, -0.2) is 28.8 Å². The second-order valence-corrected chi connectivity index (χ2v) is 5.51. The number of amides is 1. The second kappa shape index (κ2) is 5.99. The molecule has 1 amide bonds. The number of carbonyl (C=O) groups excluding carboxylic acids is 1. The van der Waals surface area contributed by atoms with E-state index in [1.54, 1.807) is 6.07 Å². The highest BCUT2D eigenvalue weighted by Crippen LogP contribution is 2.25. The summed E-state index contributed by atoms with van der Waals surface area (Å²) in [5.74, 6) is 0.391. The van der Waals surface area contributed by atoms with E-state index in [1.807, 2.05) is 31.4 Å². The Morgan fingerprint density at radius 1 is 1.58 bits per heavy atom. The summed E-state index contributed by atoms with van der Waals surface area (Å²) in [4.78, 5) is 12.9. The van der Waals surface area contributed by atoms with Crippen molar-refractivity contribution in [3.8, 4) is 10.6 Å². The molecule has 102 valence electrons. The van der Waals surface area contributed by atoms with E-state index in [1.165, 1.54) is 11.3 Å². The lowest BCUT2D eigenvalue weighted by Crippen LogP contribution is -2.41. The number of nitrogens with one attached hydrogen (secondary N) is 1. The molecule has 6 heteroatoms. The van der Waals surface area contributed by atoms with E-state index < -0.39 is 0 Å². The van der Waals surface area contributed by atoms with E-state index in [-0.39, 0.29) is 30.2 Å². The maximum atomic E-state index is 12.0. The SMILES string of the molecule is CC(C)C(CO)NC(=O)c1cc(-c2cccs2)on1. The van der Waals surface area contributed by atoms with Crippen LogP contribution >= 0.6 is 11.3 Å². The molecule has 2 rings (SSSR count). The Hall–Kier alpha value is -1.66. The monoisotopic (exact) mass is 280 g/mol. The predicted molar refractivity (Wildman–Crippen MR) is 73.0 cm³/mol. The molecule has 0 aromatic carbocycles. The highest BCUT2D eigenvalue weighted by Gasteiger charge is 2.19.